The molecule has 2 aromatic carbocycles. The van der Waals surface area contributed by atoms with E-state index in [2.05, 4.69) is 0 Å². The van der Waals surface area contributed by atoms with E-state index < -0.39 is 10.0 Å². The number of rotatable bonds is 7. The highest BCUT2D eigenvalue weighted by Crippen LogP contribution is 2.37. The highest BCUT2D eigenvalue weighted by Gasteiger charge is 2.26. The summed E-state index contributed by atoms with van der Waals surface area (Å²) in [6.07, 6.45) is 0. The SMILES string of the molecule is COc1ccc2c(c1)c(OCCN(C)C)c(C)n2S(=O)(=O)c1ccccc1. The third-order valence-electron chi connectivity index (χ3n) is 4.37. The molecule has 1 aromatic heterocycles. The highest BCUT2D eigenvalue weighted by atomic mass is 32.2. The van der Waals surface area contributed by atoms with Gasteiger partial charge >= 0.3 is 0 Å². The average molecular weight is 388 g/mol. The maximum Gasteiger partial charge on any atom is 0.268 e. The second kappa shape index (κ2) is 7.62. The molecule has 0 bridgehead atoms. The summed E-state index contributed by atoms with van der Waals surface area (Å²) in [5, 5.41) is 0.713. The lowest BCUT2D eigenvalue weighted by molar-refractivity contribution is 0.262. The Morgan fingerprint density at radius 3 is 2.41 bits per heavy atom. The Labute approximate surface area is 160 Å². The molecule has 27 heavy (non-hydrogen) atoms. The van der Waals surface area contributed by atoms with Crippen molar-refractivity contribution in [3.63, 3.8) is 0 Å². The van der Waals surface area contributed by atoms with E-state index >= 15 is 0 Å². The molecule has 0 aliphatic heterocycles. The minimum Gasteiger partial charge on any atom is -0.497 e. The Bertz CT molecular complexity index is 1040. The van der Waals surface area contributed by atoms with Crippen LogP contribution in [0.3, 0.4) is 0 Å². The molecule has 1 heterocycles. The smallest absolute Gasteiger partial charge is 0.268 e. The maximum absolute atomic E-state index is 13.3. The van der Waals surface area contributed by atoms with Crippen LogP contribution in [0.1, 0.15) is 5.69 Å². The topological polar surface area (TPSA) is 60.8 Å². The van der Waals surface area contributed by atoms with Gasteiger partial charge in [-0.3, -0.25) is 0 Å². The van der Waals surface area contributed by atoms with Crippen molar-refractivity contribution in [3.05, 3.63) is 54.2 Å². The van der Waals surface area contributed by atoms with Crippen molar-refractivity contribution in [1.82, 2.24) is 8.87 Å². The van der Waals surface area contributed by atoms with Gasteiger partial charge in [-0.1, -0.05) is 18.2 Å². The van der Waals surface area contributed by atoms with Crippen LogP contribution in [0.4, 0.5) is 0 Å². The van der Waals surface area contributed by atoms with Gasteiger partial charge in [0, 0.05) is 11.9 Å². The number of hydrogen-bond donors (Lipinski definition) is 0. The van der Waals surface area contributed by atoms with Crippen molar-refractivity contribution in [3.8, 4) is 11.5 Å². The van der Waals surface area contributed by atoms with Gasteiger partial charge in [0.25, 0.3) is 10.0 Å². The van der Waals surface area contributed by atoms with Gasteiger partial charge in [-0.05, 0) is 51.4 Å². The lowest BCUT2D eigenvalue weighted by Crippen LogP contribution is -2.20. The van der Waals surface area contributed by atoms with Crippen molar-refractivity contribution < 1.29 is 17.9 Å². The lowest BCUT2D eigenvalue weighted by Gasteiger charge is -2.12. The Kier molecular flexibility index (Phi) is 5.43. The van der Waals surface area contributed by atoms with Gasteiger partial charge in [0.1, 0.15) is 18.1 Å². The third kappa shape index (κ3) is 3.65. The Morgan fingerprint density at radius 2 is 1.78 bits per heavy atom. The molecule has 0 radical (unpaired) electrons. The van der Waals surface area contributed by atoms with Crippen LogP contribution >= 0.6 is 0 Å². The van der Waals surface area contributed by atoms with Crippen LogP contribution in [-0.2, 0) is 10.0 Å². The van der Waals surface area contributed by atoms with Gasteiger partial charge in [0.15, 0.2) is 0 Å². The largest absolute Gasteiger partial charge is 0.497 e. The number of ether oxygens (including phenoxy) is 2. The van der Waals surface area contributed by atoms with Gasteiger partial charge in [0.05, 0.1) is 23.2 Å². The number of benzene rings is 2. The summed E-state index contributed by atoms with van der Waals surface area (Å²) < 4.78 is 39.2. The quantitative estimate of drug-likeness (QED) is 0.622. The van der Waals surface area contributed by atoms with E-state index in [9.17, 15) is 8.42 Å². The molecule has 0 aliphatic carbocycles. The number of fused-ring (bicyclic) bond motifs is 1. The van der Waals surface area contributed by atoms with E-state index in [0.717, 1.165) is 6.54 Å². The molecule has 6 nitrogen and oxygen atoms in total. The van der Waals surface area contributed by atoms with Crippen LogP contribution in [0.25, 0.3) is 10.9 Å². The first-order valence-corrected chi connectivity index (χ1v) is 10.1. The molecule has 0 spiro atoms. The molecule has 0 fully saturated rings. The average Bonchev–Trinajstić information content (AvgIpc) is 2.93. The first kappa shape index (κ1) is 19.3. The van der Waals surface area contributed by atoms with E-state index in [0.29, 0.717) is 34.7 Å². The summed E-state index contributed by atoms with van der Waals surface area (Å²) in [5.41, 5.74) is 1.11. The fourth-order valence-electron chi connectivity index (χ4n) is 2.99. The molecule has 0 amide bonds. The van der Waals surface area contributed by atoms with E-state index in [1.807, 2.05) is 25.1 Å². The Hall–Kier alpha value is -2.51. The van der Waals surface area contributed by atoms with Gasteiger partial charge in [-0.15, -0.1) is 0 Å². The summed E-state index contributed by atoms with van der Waals surface area (Å²) in [6.45, 7) is 2.94. The maximum atomic E-state index is 13.3. The van der Waals surface area contributed by atoms with Crippen molar-refractivity contribution in [2.45, 2.75) is 11.8 Å². The third-order valence-corrected chi connectivity index (χ3v) is 6.19. The summed E-state index contributed by atoms with van der Waals surface area (Å²) in [7, 11) is 1.75. The zero-order chi connectivity index (χ0) is 19.6. The fraction of sp³-hybridized carbons (Fsp3) is 0.300. The normalized spacial score (nSPS) is 11.9. The molecule has 0 unspecified atom stereocenters. The first-order valence-electron chi connectivity index (χ1n) is 8.63. The molecular formula is C20H24N2O4S. The van der Waals surface area contributed by atoms with Crippen molar-refractivity contribution in [2.24, 2.45) is 0 Å². The molecule has 0 saturated heterocycles. The molecule has 144 valence electrons. The molecule has 3 aromatic rings. The van der Waals surface area contributed by atoms with Gasteiger partial charge in [-0.2, -0.15) is 0 Å². The van der Waals surface area contributed by atoms with Gasteiger partial charge in [-0.25, -0.2) is 12.4 Å². The summed E-state index contributed by atoms with van der Waals surface area (Å²) in [4.78, 5) is 2.25. The Balaban J connectivity index is 2.20. The van der Waals surface area contributed by atoms with Crippen LogP contribution in [0.2, 0.25) is 0 Å². The van der Waals surface area contributed by atoms with Crippen LogP contribution in [0.15, 0.2) is 53.4 Å². The molecule has 3 rings (SSSR count). The molecule has 0 aliphatic rings. The standard InChI is InChI=1S/C20H24N2O4S/c1-15-20(26-13-12-21(2)3)18-14-16(25-4)10-11-19(18)22(15)27(23,24)17-8-6-5-7-9-17/h5-11,14H,12-13H2,1-4H3. The van der Waals surface area contributed by atoms with Crippen molar-refractivity contribution in [1.29, 1.82) is 0 Å². The minimum atomic E-state index is -3.75. The van der Waals surface area contributed by atoms with E-state index in [1.54, 1.807) is 56.5 Å². The fourth-order valence-corrected chi connectivity index (χ4v) is 4.56. The minimum absolute atomic E-state index is 0.237. The summed E-state index contributed by atoms with van der Waals surface area (Å²) in [6, 6.07) is 13.7. The first-order chi connectivity index (χ1) is 12.9. The van der Waals surface area contributed by atoms with E-state index in [1.165, 1.54) is 3.97 Å². The predicted octanol–water partition coefficient (Wildman–Crippen LogP) is 3.14. The molecule has 0 atom stereocenters. The number of aromatic nitrogens is 1. The van der Waals surface area contributed by atoms with Gasteiger partial charge in [0.2, 0.25) is 0 Å². The summed E-state index contributed by atoms with van der Waals surface area (Å²) in [5.74, 6) is 1.21. The van der Waals surface area contributed by atoms with Crippen LogP contribution in [-0.4, -0.2) is 51.6 Å². The second-order valence-corrected chi connectivity index (χ2v) is 8.32. The van der Waals surface area contributed by atoms with E-state index in [4.69, 9.17) is 9.47 Å². The summed E-state index contributed by atoms with van der Waals surface area (Å²) >= 11 is 0. The monoisotopic (exact) mass is 388 g/mol. The number of likely N-dealkylation sites (N-methyl/N-ethyl adjacent to an activating group) is 1. The molecule has 0 saturated carbocycles. The molecule has 7 heteroatoms. The van der Waals surface area contributed by atoms with Crippen LogP contribution < -0.4 is 9.47 Å². The zero-order valence-corrected chi connectivity index (χ0v) is 16.8. The van der Waals surface area contributed by atoms with E-state index in [-0.39, 0.29) is 4.90 Å². The number of methoxy groups -OCH3 is 1. The van der Waals surface area contributed by atoms with Gasteiger partial charge < -0.3 is 14.4 Å². The van der Waals surface area contributed by atoms with Crippen molar-refractivity contribution >= 4 is 20.9 Å². The lowest BCUT2D eigenvalue weighted by atomic mass is 10.2. The highest BCUT2D eigenvalue weighted by molar-refractivity contribution is 7.90. The molecule has 0 N–H and O–H groups in total. The number of nitrogens with zero attached hydrogens (tertiary/aromatic N) is 2. The van der Waals surface area contributed by atoms with Crippen LogP contribution in [0, 0.1) is 6.92 Å². The molecular weight excluding hydrogens is 364 g/mol. The predicted molar refractivity (Wildman–Crippen MR) is 106 cm³/mol. The second-order valence-electron chi connectivity index (χ2n) is 6.53. The zero-order valence-electron chi connectivity index (χ0n) is 16.0. The van der Waals surface area contributed by atoms with Crippen molar-refractivity contribution in [2.75, 3.05) is 34.4 Å². The van der Waals surface area contributed by atoms with Crippen LogP contribution in [0.5, 0.6) is 11.5 Å². The number of hydrogen-bond acceptors (Lipinski definition) is 5. The Morgan fingerprint density at radius 1 is 1.07 bits per heavy atom.